The molecular formula is C21H28N4O3. The summed E-state index contributed by atoms with van der Waals surface area (Å²) in [7, 11) is 3.50. The van der Waals surface area contributed by atoms with Gasteiger partial charge in [0.05, 0.1) is 25.9 Å². The van der Waals surface area contributed by atoms with E-state index in [0.29, 0.717) is 13.1 Å². The highest BCUT2D eigenvalue weighted by Crippen LogP contribution is 2.34. The lowest BCUT2D eigenvalue weighted by atomic mass is 10.1. The minimum absolute atomic E-state index is 0.152. The molecule has 0 spiro atoms. The second-order valence-corrected chi connectivity index (χ2v) is 8.41. The predicted octanol–water partition coefficient (Wildman–Crippen LogP) is 3.59. The van der Waals surface area contributed by atoms with E-state index in [0.717, 1.165) is 40.9 Å². The van der Waals surface area contributed by atoms with E-state index in [1.807, 2.05) is 45.2 Å². The Kier molecular flexibility index (Phi) is 4.69. The van der Waals surface area contributed by atoms with Gasteiger partial charge in [-0.15, -0.1) is 0 Å². The smallest absolute Gasteiger partial charge is 0.323 e. The lowest BCUT2D eigenvalue weighted by Crippen LogP contribution is -2.45. The zero-order chi connectivity index (χ0) is 19.9. The monoisotopic (exact) mass is 384 g/mol. The number of hydrogen-bond donors (Lipinski definition) is 1. The molecule has 1 fully saturated rings. The number of methoxy groups -OCH3 is 1. The van der Waals surface area contributed by atoms with Crippen molar-refractivity contribution in [2.24, 2.45) is 13.0 Å². The molecule has 7 heteroatoms. The van der Waals surface area contributed by atoms with Crippen molar-refractivity contribution in [2.75, 3.05) is 19.0 Å². The van der Waals surface area contributed by atoms with E-state index >= 15 is 0 Å². The Bertz CT molecular complexity index is 886. The number of anilines is 1. The zero-order valence-corrected chi connectivity index (χ0v) is 17.0. The maximum Gasteiger partial charge on any atom is 0.323 e. The van der Waals surface area contributed by atoms with E-state index in [1.54, 1.807) is 16.7 Å². The second-order valence-electron chi connectivity index (χ2n) is 8.41. The number of carbonyl (C=O) groups is 1. The number of carbonyl (C=O) groups excluding carboxylic acids is 1. The Hall–Kier alpha value is -2.70. The Morgan fingerprint density at radius 3 is 2.86 bits per heavy atom. The van der Waals surface area contributed by atoms with E-state index in [9.17, 15) is 4.79 Å². The minimum Gasteiger partial charge on any atom is -0.497 e. The molecule has 1 aromatic carbocycles. The van der Waals surface area contributed by atoms with Crippen LogP contribution in [0.4, 0.5) is 10.6 Å². The summed E-state index contributed by atoms with van der Waals surface area (Å²) >= 11 is 0. The average Bonchev–Trinajstić information content (AvgIpc) is 3.39. The topological polar surface area (TPSA) is 68.6 Å². The van der Waals surface area contributed by atoms with Gasteiger partial charge in [-0.1, -0.05) is 0 Å². The number of hydrogen-bond acceptors (Lipinski definition) is 4. The summed E-state index contributed by atoms with van der Waals surface area (Å²) in [6.07, 6.45) is 3.56. The standard InChI is InChI=1S/C21H28N4O3/c1-21(2)13-25(12-15-7-8-17(27-4)11-18(15)28-21)20(26)22-19-10-16(23-24(19)3)9-14-5-6-14/h7-8,10-11,14H,5-6,9,12-13H2,1-4H3,(H,22,26). The summed E-state index contributed by atoms with van der Waals surface area (Å²) < 4.78 is 13.2. The largest absolute Gasteiger partial charge is 0.497 e. The van der Waals surface area contributed by atoms with Crippen molar-refractivity contribution in [3.63, 3.8) is 0 Å². The van der Waals surface area contributed by atoms with Crippen molar-refractivity contribution in [2.45, 2.75) is 45.3 Å². The van der Waals surface area contributed by atoms with E-state index in [1.165, 1.54) is 12.8 Å². The number of aromatic nitrogens is 2. The first-order valence-electron chi connectivity index (χ1n) is 9.78. The van der Waals surface area contributed by atoms with Crippen LogP contribution in [0.1, 0.15) is 37.9 Å². The molecule has 4 rings (SSSR count). The maximum absolute atomic E-state index is 13.0. The summed E-state index contributed by atoms with van der Waals surface area (Å²) in [6, 6.07) is 7.55. The summed E-state index contributed by atoms with van der Waals surface area (Å²) in [4.78, 5) is 14.8. The second kappa shape index (κ2) is 7.04. The van der Waals surface area contributed by atoms with Gasteiger partial charge < -0.3 is 14.4 Å². The number of fused-ring (bicyclic) bond motifs is 1. The van der Waals surface area contributed by atoms with Gasteiger partial charge in [0.25, 0.3) is 0 Å². The van der Waals surface area contributed by atoms with E-state index in [-0.39, 0.29) is 6.03 Å². The number of urea groups is 1. The number of aryl methyl sites for hydroxylation is 1. The fourth-order valence-electron chi connectivity index (χ4n) is 3.63. The van der Waals surface area contributed by atoms with Crippen LogP contribution < -0.4 is 14.8 Å². The zero-order valence-electron chi connectivity index (χ0n) is 17.0. The summed E-state index contributed by atoms with van der Waals surface area (Å²) in [6.45, 7) is 4.92. The van der Waals surface area contributed by atoms with Crippen LogP contribution in [-0.4, -0.2) is 40.0 Å². The first-order chi connectivity index (χ1) is 13.3. The molecule has 0 atom stereocenters. The SMILES string of the molecule is COc1ccc2c(c1)OC(C)(C)CN(C(=O)Nc1cc(CC3CC3)nn1C)C2. The molecule has 2 aromatic rings. The first kappa shape index (κ1) is 18.7. The number of rotatable bonds is 4. The van der Waals surface area contributed by atoms with Crippen molar-refractivity contribution in [3.05, 3.63) is 35.5 Å². The summed E-state index contributed by atoms with van der Waals surface area (Å²) in [5.41, 5.74) is 1.48. The van der Waals surface area contributed by atoms with Gasteiger partial charge in [-0.25, -0.2) is 4.79 Å². The molecule has 1 aliphatic heterocycles. The summed E-state index contributed by atoms with van der Waals surface area (Å²) in [5.74, 6) is 2.98. The number of amides is 2. The first-order valence-corrected chi connectivity index (χ1v) is 9.78. The lowest BCUT2D eigenvalue weighted by molar-refractivity contribution is 0.0832. The molecule has 0 saturated heterocycles. The van der Waals surface area contributed by atoms with Crippen LogP contribution in [0.2, 0.25) is 0 Å². The van der Waals surface area contributed by atoms with Gasteiger partial charge in [-0.05, 0) is 51.2 Å². The van der Waals surface area contributed by atoms with Crippen LogP contribution in [0.5, 0.6) is 11.5 Å². The molecule has 1 N–H and O–H groups in total. The van der Waals surface area contributed by atoms with Crippen molar-refractivity contribution < 1.29 is 14.3 Å². The normalized spacial score (nSPS) is 18.1. The van der Waals surface area contributed by atoms with Crippen LogP contribution in [0, 0.1) is 5.92 Å². The van der Waals surface area contributed by atoms with Crippen molar-refractivity contribution in [1.29, 1.82) is 0 Å². The van der Waals surface area contributed by atoms with Crippen molar-refractivity contribution >= 4 is 11.8 Å². The Morgan fingerprint density at radius 1 is 1.36 bits per heavy atom. The maximum atomic E-state index is 13.0. The molecule has 2 amide bonds. The third kappa shape index (κ3) is 4.08. The highest BCUT2D eigenvalue weighted by Gasteiger charge is 2.32. The van der Waals surface area contributed by atoms with Gasteiger partial charge in [-0.2, -0.15) is 5.10 Å². The number of ether oxygens (including phenoxy) is 2. The minimum atomic E-state index is -0.515. The lowest BCUT2D eigenvalue weighted by Gasteiger charge is -2.29. The van der Waals surface area contributed by atoms with Crippen LogP contribution in [0.25, 0.3) is 0 Å². The number of nitrogens with zero attached hydrogens (tertiary/aromatic N) is 3. The molecule has 28 heavy (non-hydrogen) atoms. The Morgan fingerprint density at radius 2 is 2.14 bits per heavy atom. The highest BCUT2D eigenvalue weighted by molar-refractivity contribution is 5.88. The van der Waals surface area contributed by atoms with Gasteiger partial charge in [0.1, 0.15) is 22.9 Å². The molecule has 150 valence electrons. The van der Waals surface area contributed by atoms with Crippen LogP contribution >= 0.6 is 0 Å². The van der Waals surface area contributed by atoms with E-state index in [4.69, 9.17) is 9.47 Å². The number of benzene rings is 1. The summed E-state index contributed by atoms with van der Waals surface area (Å²) in [5, 5.41) is 7.56. The molecule has 2 heterocycles. The Balaban J connectivity index is 1.52. The van der Waals surface area contributed by atoms with Gasteiger partial charge in [0, 0.05) is 24.7 Å². The van der Waals surface area contributed by atoms with Gasteiger partial charge >= 0.3 is 6.03 Å². The molecule has 2 aliphatic rings. The fraction of sp³-hybridized carbons (Fsp3) is 0.524. The fourth-order valence-corrected chi connectivity index (χ4v) is 3.63. The molecular weight excluding hydrogens is 356 g/mol. The van der Waals surface area contributed by atoms with Gasteiger partial charge in [-0.3, -0.25) is 10.00 Å². The molecule has 0 bridgehead atoms. The third-order valence-corrected chi connectivity index (χ3v) is 5.24. The third-order valence-electron chi connectivity index (χ3n) is 5.24. The van der Waals surface area contributed by atoms with Gasteiger partial charge in [0.2, 0.25) is 0 Å². The molecule has 0 radical (unpaired) electrons. The molecule has 1 saturated carbocycles. The molecule has 1 aliphatic carbocycles. The Labute approximate surface area is 165 Å². The van der Waals surface area contributed by atoms with Crippen LogP contribution in [0.3, 0.4) is 0 Å². The highest BCUT2D eigenvalue weighted by atomic mass is 16.5. The van der Waals surface area contributed by atoms with Gasteiger partial charge in [0.15, 0.2) is 0 Å². The predicted molar refractivity (Wildman–Crippen MR) is 107 cm³/mol. The van der Waals surface area contributed by atoms with Crippen molar-refractivity contribution in [3.8, 4) is 11.5 Å². The number of nitrogens with one attached hydrogen (secondary N) is 1. The molecule has 1 aromatic heterocycles. The quantitative estimate of drug-likeness (QED) is 0.875. The molecule has 0 unspecified atom stereocenters. The molecule has 7 nitrogen and oxygen atoms in total. The average molecular weight is 384 g/mol. The van der Waals surface area contributed by atoms with Crippen molar-refractivity contribution in [1.82, 2.24) is 14.7 Å². The van der Waals surface area contributed by atoms with Crippen LogP contribution in [-0.2, 0) is 20.0 Å². The van der Waals surface area contributed by atoms with Crippen LogP contribution in [0.15, 0.2) is 24.3 Å². The van der Waals surface area contributed by atoms with E-state index in [2.05, 4.69) is 10.4 Å². The van der Waals surface area contributed by atoms with E-state index < -0.39 is 5.60 Å².